The zero-order valence-corrected chi connectivity index (χ0v) is 24.2. The van der Waals surface area contributed by atoms with Crippen LogP contribution in [0.4, 0.5) is 13.6 Å². The van der Waals surface area contributed by atoms with E-state index in [0.717, 1.165) is 6.42 Å². The van der Waals surface area contributed by atoms with E-state index in [1.54, 1.807) is 35.4 Å². The number of halogens is 2. The van der Waals surface area contributed by atoms with Gasteiger partial charge >= 0.3 is 13.2 Å². The van der Waals surface area contributed by atoms with Gasteiger partial charge in [0.1, 0.15) is 12.4 Å². The quantitative estimate of drug-likeness (QED) is 0.432. The lowest BCUT2D eigenvalue weighted by molar-refractivity contribution is -0.131. The molecule has 1 aliphatic carbocycles. The second-order valence-electron chi connectivity index (χ2n) is 12.0. The van der Waals surface area contributed by atoms with Crippen molar-refractivity contribution in [2.45, 2.75) is 63.7 Å². The highest BCUT2D eigenvalue weighted by Gasteiger charge is 2.53. The molecule has 2 aromatic carbocycles. The molecule has 12 heteroatoms. The Morgan fingerprint density at radius 3 is 2.45 bits per heavy atom. The number of benzene rings is 2. The van der Waals surface area contributed by atoms with Gasteiger partial charge in [0.25, 0.3) is 5.92 Å². The molecular weight excluding hydrogens is 545 g/mol. The maximum Gasteiger partial charge on any atom is 0.494 e. The second-order valence-corrected chi connectivity index (χ2v) is 12.0. The highest BCUT2D eigenvalue weighted by Crippen LogP contribution is 2.51. The molecule has 3 aliphatic rings. The van der Waals surface area contributed by atoms with Crippen molar-refractivity contribution in [1.82, 2.24) is 20.2 Å². The minimum absolute atomic E-state index is 0.0761. The Bertz CT molecular complexity index is 1560. The van der Waals surface area contributed by atoms with Crippen molar-refractivity contribution < 1.29 is 32.4 Å². The highest BCUT2D eigenvalue weighted by atomic mass is 19.3. The fourth-order valence-corrected chi connectivity index (χ4v) is 5.86. The number of likely N-dealkylation sites (tertiary alicyclic amines) is 1. The van der Waals surface area contributed by atoms with Crippen molar-refractivity contribution in [3.05, 3.63) is 59.5 Å². The standard InChI is InChI=1S/C30H33BF2N4O5/c1-28(2)29(3,4)42-31(41-28)18-9-11-20-19-10-8-17(13-21(19)30(32,33)22(20)14-18)23-15-34-26(36-23)24-7-6-12-37(24)25(38)16-35-27(39)40-5/h8-11,13-15,24H,6-7,12,16H2,1-5H3,(H,34,36)(H,35,39). The first kappa shape index (κ1) is 28.4. The predicted molar refractivity (Wildman–Crippen MR) is 152 cm³/mol. The summed E-state index contributed by atoms with van der Waals surface area (Å²) in [6.45, 7) is 8.05. The van der Waals surface area contributed by atoms with E-state index in [1.807, 2.05) is 27.7 Å². The van der Waals surface area contributed by atoms with Gasteiger partial charge < -0.3 is 29.2 Å². The molecule has 9 nitrogen and oxygen atoms in total. The molecule has 0 spiro atoms. The summed E-state index contributed by atoms with van der Waals surface area (Å²) in [6.07, 6.45) is 2.39. The Balaban J connectivity index is 1.24. The Hall–Kier alpha value is -3.77. The van der Waals surface area contributed by atoms with Crippen LogP contribution >= 0.6 is 0 Å². The number of hydrogen-bond acceptors (Lipinski definition) is 6. The molecule has 3 aromatic rings. The number of alkyl carbamates (subject to hydrolysis) is 1. The van der Waals surface area contributed by atoms with Crippen LogP contribution in [0, 0.1) is 0 Å². The Morgan fingerprint density at radius 2 is 1.76 bits per heavy atom. The molecule has 1 atom stereocenters. The van der Waals surface area contributed by atoms with Gasteiger partial charge in [0.2, 0.25) is 5.91 Å². The summed E-state index contributed by atoms with van der Waals surface area (Å²) in [5.74, 6) is -2.91. The molecule has 42 heavy (non-hydrogen) atoms. The van der Waals surface area contributed by atoms with Crippen LogP contribution in [-0.4, -0.2) is 65.4 Å². The van der Waals surface area contributed by atoms with Crippen molar-refractivity contribution in [2.24, 2.45) is 0 Å². The Morgan fingerprint density at radius 1 is 1.10 bits per heavy atom. The van der Waals surface area contributed by atoms with Gasteiger partial charge in [-0.15, -0.1) is 0 Å². The fourth-order valence-electron chi connectivity index (χ4n) is 5.86. The molecule has 2 amide bonds. The zero-order valence-electron chi connectivity index (χ0n) is 24.2. The van der Waals surface area contributed by atoms with Crippen molar-refractivity contribution in [3.63, 3.8) is 0 Å². The molecule has 220 valence electrons. The maximum absolute atomic E-state index is 16.0. The summed E-state index contributed by atoms with van der Waals surface area (Å²) >= 11 is 0. The summed E-state index contributed by atoms with van der Waals surface area (Å²) in [4.78, 5) is 33.5. The lowest BCUT2D eigenvalue weighted by Gasteiger charge is -2.32. The van der Waals surface area contributed by atoms with Crippen molar-refractivity contribution in [2.75, 3.05) is 20.2 Å². The largest absolute Gasteiger partial charge is 0.494 e. The summed E-state index contributed by atoms with van der Waals surface area (Å²) in [5.41, 5.74) is 1.33. The first-order valence-corrected chi connectivity index (χ1v) is 14.0. The van der Waals surface area contributed by atoms with E-state index in [0.29, 0.717) is 46.6 Å². The normalized spacial score (nSPS) is 21.3. The van der Waals surface area contributed by atoms with Crippen LogP contribution < -0.4 is 10.8 Å². The first-order chi connectivity index (χ1) is 19.8. The van der Waals surface area contributed by atoms with Gasteiger partial charge in [0.05, 0.1) is 36.2 Å². The zero-order chi connectivity index (χ0) is 30.0. The smallest absolute Gasteiger partial charge is 0.453 e. The van der Waals surface area contributed by atoms with Gasteiger partial charge in [-0.3, -0.25) is 4.79 Å². The molecule has 2 saturated heterocycles. The van der Waals surface area contributed by atoms with Crippen LogP contribution in [0.15, 0.2) is 42.6 Å². The number of methoxy groups -OCH3 is 1. The Labute approximate surface area is 243 Å². The minimum atomic E-state index is -3.22. The van der Waals surface area contributed by atoms with Crippen LogP contribution in [0.5, 0.6) is 0 Å². The highest BCUT2D eigenvalue weighted by molar-refractivity contribution is 6.62. The van der Waals surface area contributed by atoms with Gasteiger partial charge in [-0.05, 0) is 63.2 Å². The summed E-state index contributed by atoms with van der Waals surface area (Å²) < 4.78 is 48.6. The van der Waals surface area contributed by atoms with Gasteiger partial charge in [-0.25, -0.2) is 9.78 Å². The van der Waals surface area contributed by atoms with Crippen molar-refractivity contribution >= 4 is 24.6 Å². The molecule has 6 rings (SSSR count). The minimum Gasteiger partial charge on any atom is -0.453 e. The lowest BCUT2D eigenvalue weighted by atomic mass is 9.77. The van der Waals surface area contributed by atoms with Gasteiger partial charge in [-0.1, -0.05) is 30.3 Å². The first-order valence-electron chi connectivity index (χ1n) is 14.0. The number of nitrogens with one attached hydrogen (secondary N) is 2. The van der Waals surface area contributed by atoms with Crippen LogP contribution in [0.25, 0.3) is 22.4 Å². The number of alkyl halides is 2. The predicted octanol–water partition coefficient (Wildman–Crippen LogP) is 4.52. The van der Waals surface area contributed by atoms with Gasteiger partial charge in [0, 0.05) is 23.2 Å². The van der Waals surface area contributed by atoms with Crippen LogP contribution in [0.2, 0.25) is 0 Å². The van der Waals surface area contributed by atoms with Crippen molar-refractivity contribution in [1.29, 1.82) is 0 Å². The molecule has 2 aliphatic heterocycles. The van der Waals surface area contributed by atoms with Crippen LogP contribution in [0.1, 0.15) is 63.5 Å². The second kappa shape index (κ2) is 9.91. The number of ether oxygens (including phenoxy) is 1. The number of carbonyl (C=O) groups is 2. The third kappa shape index (κ3) is 4.57. The van der Waals surface area contributed by atoms with Crippen LogP contribution in [-0.2, 0) is 24.8 Å². The maximum atomic E-state index is 16.0. The van der Waals surface area contributed by atoms with E-state index in [9.17, 15) is 9.59 Å². The average molecular weight is 578 g/mol. The number of fused-ring (bicyclic) bond motifs is 3. The van der Waals surface area contributed by atoms with E-state index in [-0.39, 0.29) is 29.6 Å². The summed E-state index contributed by atoms with van der Waals surface area (Å²) in [7, 11) is 0.492. The van der Waals surface area contributed by atoms with Crippen molar-refractivity contribution in [3.8, 4) is 22.4 Å². The Kier molecular flexibility index (Phi) is 6.69. The van der Waals surface area contributed by atoms with Gasteiger partial charge in [0.15, 0.2) is 0 Å². The summed E-state index contributed by atoms with van der Waals surface area (Å²) in [6, 6.07) is 9.69. The van der Waals surface area contributed by atoms with E-state index in [4.69, 9.17) is 9.31 Å². The number of rotatable bonds is 5. The number of imidazole rings is 1. The molecule has 0 saturated carbocycles. The molecular formula is C30H33BF2N4O5. The van der Waals surface area contributed by atoms with E-state index < -0.39 is 30.3 Å². The van der Waals surface area contributed by atoms with Crippen LogP contribution in [0.3, 0.4) is 0 Å². The molecule has 2 N–H and O–H groups in total. The molecule has 3 heterocycles. The number of aromatic amines is 1. The molecule has 0 radical (unpaired) electrons. The van der Waals surface area contributed by atoms with E-state index >= 15 is 8.78 Å². The fraction of sp³-hybridized carbons (Fsp3) is 0.433. The third-order valence-corrected chi connectivity index (χ3v) is 8.92. The number of hydrogen-bond donors (Lipinski definition) is 2. The average Bonchev–Trinajstić information content (AvgIpc) is 3.71. The monoisotopic (exact) mass is 578 g/mol. The van der Waals surface area contributed by atoms with Gasteiger partial charge in [-0.2, -0.15) is 8.78 Å². The van der Waals surface area contributed by atoms with E-state index in [2.05, 4.69) is 20.0 Å². The lowest BCUT2D eigenvalue weighted by Crippen LogP contribution is -2.41. The third-order valence-electron chi connectivity index (χ3n) is 8.92. The molecule has 1 aromatic heterocycles. The SMILES string of the molecule is COC(=O)NCC(=O)N1CCCC1c1ncc(-c2ccc3c(c2)C(F)(F)c2cc(B4OC(C)(C)C(C)(C)O4)ccc2-3)[nH]1. The van der Waals surface area contributed by atoms with E-state index in [1.165, 1.54) is 19.2 Å². The molecule has 1 unspecified atom stereocenters. The topological polar surface area (TPSA) is 106 Å². The molecule has 0 bridgehead atoms. The number of nitrogens with zero attached hydrogens (tertiary/aromatic N) is 2. The summed E-state index contributed by atoms with van der Waals surface area (Å²) in [5, 5.41) is 2.41. The number of aromatic nitrogens is 2. The number of H-pyrrole nitrogens is 1. The number of amides is 2. The number of carbonyl (C=O) groups excluding carboxylic acids is 2. The molecule has 2 fully saturated rings.